The molecular weight excluding hydrogens is 310 g/mol. The number of H-pyrrole nitrogens is 1. The molecule has 0 saturated carbocycles. The van der Waals surface area contributed by atoms with Gasteiger partial charge in [0.25, 0.3) is 0 Å². The SMILES string of the molecule is OCCNc1nc(NCc2cc(Cl)c3c(c2)OCCO3)n[nH]1. The van der Waals surface area contributed by atoms with E-state index in [1.165, 1.54) is 0 Å². The largest absolute Gasteiger partial charge is 0.486 e. The van der Waals surface area contributed by atoms with Crippen LogP contribution in [0.1, 0.15) is 5.56 Å². The Morgan fingerprint density at radius 1 is 1.27 bits per heavy atom. The van der Waals surface area contributed by atoms with Gasteiger partial charge in [-0.2, -0.15) is 4.98 Å². The van der Waals surface area contributed by atoms with Crippen molar-refractivity contribution in [3.8, 4) is 11.5 Å². The lowest BCUT2D eigenvalue weighted by molar-refractivity contribution is 0.171. The smallest absolute Gasteiger partial charge is 0.243 e. The molecule has 1 aliphatic rings. The lowest BCUT2D eigenvalue weighted by Gasteiger charge is -2.20. The molecule has 0 aliphatic carbocycles. The van der Waals surface area contributed by atoms with E-state index in [1.807, 2.05) is 12.1 Å². The number of hydrogen-bond acceptors (Lipinski definition) is 7. The molecule has 1 aliphatic heterocycles. The summed E-state index contributed by atoms with van der Waals surface area (Å²) in [7, 11) is 0. The predicted molar refractivity (Wildman–Crippen MR) is 81.7 cm³/mol. The monoisotopic (exact) mass is 325 g/mol. The van der Waals surface area contributed by atoms with Crippen molar-refractivity contribution in [2.45, 2.75) is 6.54 Å². The Hall–Kier alpha value is -2.19. The van der Waals surface area contributed by atoms with Crippen molar-refractivity contribution in [2.75, 3.05) is 37.0 Å². The maximum Gasteiger partial charge on any atom is 0.243 e. The van der Waals surface area contributed by atoms with E-state index in [1.54, 1.807) is 0 Å². The highest BCUT2D eigenvalue weighted by Crippen LogP contribution is 2.38. The number of aliphatic hydroxyl groups is 1. The number of aliphatic hydroxyl groups excluding tert-OH is 1. The second-order valence-corrected chi connectivity index (χ2v) is 5.02. The number of anilines is 2. The van der Waals surface area contributed by atoms with Crippen molar-refractivity contribution in [1.29, 1.82) is 0 Å². The number of fused-ring (bicyclic) bond motifs is 1. The van der Waals surface area contributed by atoms with Gasteiger partial charge >= 0.3 is 0 Å². The van der Waals surface area contributed by atoms with E-state index in [0.29, 0.717) is 54.7 Å². The van der Waals surface area contributed by atoms with E-state index in [4.69, 9.17) is 26.2 Å². The fraction of sp³-hybridized carbons (Fsp3) is 0.385. The number of halogens is 1. The van der Waals surface area contributed by atoms with Gasteiger partial charge in [0.05, 0.1) is 11.6 Å². The van der Waals surface area contributed by atoms with Crippen LogP contribution in [0, 0.1) is 0 Å². The number of aromatic nitrogens is 3. The van der Waals surface area contributed by atoms with Crippen LogP contribution in [0.3, 0.4) is 0 Å². The number of benzene rings is 1. The van der Waals surface area contributed by atoms with Crippen LogP contribution in [0.15, 0.2) is 12.1 Å². The molecule has 8 nitrogen and oxygen atoms in total. The van der Waals surface area contributed by atoms with E-state index in [2.05, 4.69) is 25.8 Å². The van der Waals surface area contributed by atoms with Crippen molar-refractivity contribution < 1.29 is 14.6 Å². The van der Waals surface area contributed by atoms with Gasteiger partial charge in [-0.25, -0.2) is 5.10 Å². The zero-order valence-corrected chi connectivity index (χ0v) is 12.5. The summed E-state index contributed by atoms with van der Waals surface area (Å²) in [5.41, 5.74) is 0.934. The number of aromatic amines is 1. The standard InChI is InChI=1S/C13H16ClN5O3/c14-9-5-8(6-10-11(9)22-4-3-21-10)7-16-13-17-12(18-19-13)15-1-2-20/h5-6,20H,1-4,7H2,(H3,15,16,17,18,19). The molecule has 0 saturated heterocycles. The minimum atomic E-state index is 0.0269. The molecule has 9 heteroatoms. The number of ether oxygens (including phenoxy) is 2. The number of nitrogens with one attached hydrogen (secondary N) is 3. The topological polar surface area (TPSA) is 104 Å². The van der Waals surface area contributed by atoms with Crippen molar-refractivity contribution in [1.82, 2.24) is 15.2 Å². The van der Waals surface area contributed by atoms with E-state index in [0.717, 1.165) is 5.56 Å². The van der Waals surface area contributed by atoms with Crippen LogP contribution >= 0.6 is 11.6 Å². The van der Waals surface area contributed by atoms with Gasteiger partial charge in [-0.05, 0) is 17.7 Å². The first-order chi connectivity index (χ1) is 10.8. The normalized spacial score (nSPS) is 13.0. The van der Waals surface area contributed by atoms with Crippen LogP contribution in [0.25, 0.3) is 0 Å². The van der Waals surface area contributed by atoms with Crippen molar-refractivity contribution in [3.63, 3.8) is 0 Å². The molecule has 0 atom stereocenters. The van der Waals surface area contributed by atoms with Gasteiger partial charge in [-0.3, -0.25) is 0 Å². The molecule has 0 spiro atoms. The van der Waals surface area contributed by atoms with Gasteiger partial charge in [-0.1, -0.05) is 11.6 Å². The molecule has 1 aromatic carbocycles. The number of rotatable bonds is 6. The third-order valence-corrected chi connectivity index (χ3v) is 3.28. The van der Waals surface area contributed by atoms with Crippen LogP contribution in [0.4, 0.5) is 11.9 Å². The summed E-state index contributed by atoms with van der Waals surface area (Å²) in [5.74, 6) is 2.18. The summed E-state index contributed by atoms with van der Waals surface area (Å²) in [6, 6.07) is 3.70. The summed E-state index contributed by atoms with van der Waals surface area (Å²) in [4.78, 5) is 4.18. The van der Waals surface area contributed by atoms with E-state index in [9.17, 15) is 0 Å². The molecule has 0 radical (unpaired) electrons. The minimum Gasteiger partial charge on any atom is -0.486 e. The van der Waals surface area contributed by atoms with Gasteiger partial charge in [-0.15, -0.1) is 5.10 Å². The third-order valence-electron chi connectivity index (χ3n) is 3.00. The van der Waals surface area contributed by atoms with E-state index < -0.39 is 0 Å². The minimum absolute atomic E-state index is 0.0269. The first kappa shape index (κ1) is 14.7. The van der Waals surface area contributed by atoms with Gasteiger partial charge in [0.2, 0.25) is 11.9 Å². The van der Waals surface area contributed by atoms with Gasteiger partial charge in [0.1, 0.15) is 13.2 Å². The summed E-state index contributed by atoms with van der Waals surface area (Å²) in [5, 5.41) is 22.0. The molecular formula is C13H16ClN5O3. The molecule has 2 aromatic rings. The molecule has 118 valence electrons. The quantitative estimate of drug-likeness (QED) is 0.633. The highest BCUT2D eigenvalue weighted by atomic mass is 35.5. The second kappa shape index (κ2) is 6.71. The lowest BCUT2D eigenvalue weighted by Crippen LogP contribution is -2.16. The van der Waals surface area contributed by atoms with Crippen molar-refractivity contribution >= 4 is 23.5 Å². The highest BCUT2D eigenvalue weighted by Gasteiger charge is 2.16. The molecule has 2 heterocycles. The first-order valence-corrected chi connectivity index (χ1v) is 7.23. The third kappa shape index (κ3) is 3.34. The number of hydrogen-bond donors (Lipinski definition) is 4. The Morgan fingerprint density at radius 3 is 3.00 bits per heavy atom. The Labute approximate surface area is 131 Å². The zero-order valence-electron chi connectivity index (χ0n) is 11.7. The molecule has 22 heavy (non-hydrogen) atoms. The van der Waals surface area contributed by atoms with Crippen molar-refractivity contribution in [3.05, 3.63) is 22.7 Å². The fourth-order valence-electron chi connectivity index (χ4n) is 2.04. The molecule has 3 rings (SSSR count). The number of nitrogens with zero attached hydrogens (tertiary/aromatic N) is 2. The van der Waals surface area contributed by atoms with Gasteiger partial charge in [0.15, 0.2) is 11.5 Å². The van der Waals surface area contributed by atoms with Crippen LogP contribution in [-0.2, 0) is 6.54 Å². The van der Waals surface area contributed by atoms with E-state index in [-0.39, 0.29) is 6.61 Å². The van der Waals surface area contributed by atoms with Crippen LogP contribution in [-0.4, -0.2) is 46.7 Å². The molecule has 0 bridgehead atoms. The fourth-order valence-corrected chi connectivity index (χ4v) is 2.33. The lowest BCUT2D eigenvalue weighted by atomic mass is 10.2. The van der Waals surface area contributed by atoms with Gasteiger partial charge < -0.3 is 25.2 Å². The predicted octanol–water partition coefficient (Wildman–Crippen LogP) is 1.25. The zero-order chi connectivity index (χ0) is 15.4. The first-order valence-electron chi connectivity index (χ1n) is 6.85. The summed E-state index contributed by atoms with van der Waals surface area (Å²) >= 11 is 6.19. The maximum absolute atomic E-state index is 8.73. The molecule has 0 fully saturated rings. The Kier molecular flexibility index (Phi) is 4.50. The van der Waals surface area contributed by atoms with Crippen LogP contribution < -0.4 is 20.1 Å². The second-order valence-electron chi connectivity index (χ2n) is 4.61. The van der Waals surface area contributed by atoms with Gasteiger partial charge in [0, 0.05) is 13.1 Å². The Morgan fingerprint density at radius 2 is 2.14 bits per heavy atom. The van der Waals surface area contributed by atoms with E-state index >= 15 is 0 Å². The highest BCUT2D eigenvalue weighted by molar-refractivity contribution is 6.32. The summed E-state index contributed by atoms with van der Waals surface area (Å²) in [6.07, 6.45) is 0. The Bertz CT molecular complexity index is 649. The molecule has 4 N–H and O–H groups in total. The average molecular weight is 326 g/mol. The molecule has 0 amide bonds. The van der Waals surface area contributed by atoms with Crippen molar-refractivity contribution in [2.24, 2.45) is 0 Å². The summed E-state index contributed by atoms with van der Waals surface area (Å²) in [6.45, 7) is 1.95. The Balaban J connectivity index is 1.64. The summed E-state index contributed by atoms with van der Waals surface area (Å²) < 4.78 is 11.0. The maximum atomic E-state index is 8.73. The van der Waals surface area contributed by atoms with Crippen LogP contribution in [0.2, 0.25) is 5.02 Å². The average Bonchev–Trinajstić information content (AvgIpc) is 2.99. The molecule has 1 aromatic heterocycles. The molecule has 0 unspecified atom stereocenters. The van der Waals surface area contributed by atoms with Crippen LogP contribution in [0.5, 0.6) is 11.5 Å².